The molecule has 1 saturated carbocycles. The molecule has 4 nitrogen and oxygen atoms in total. The molecule has 0 heterocycles. The highest BCUT2D eigenvalue weighted by Gasteiger charge is 2.47. The summed E-state index contributed by atoms with van der Waals surface area (Å²) in [6, 6.07) is 10.3. The van der Waals surface area contributed by atoms with E-state index in [0.29, 0.717) is 37.4 Å². The summed E-state index contributed by atoms with van der Waals surface area (Å²) in [5.74, 6) is -0.948. The Morgan fingerprint density at radius 3 is 2.44 bits per heavy atom. The van der Waals surface area contributed by atoms with Crippen LogP contribution in [0.3, 0.4) is 0 Å². The molecule has 0 aromatic heterocycles. The Morgan fingerprint density at radius 1 is 1.16 bits per heavy atom. The molecule has 0 saturated heterocycles. The average molecular weight is 346 g/mol. The number of carbonyl (C=O) groups excluding carboxylic acids is 1. The van der Waals surface area contributed by atoms with E-state index in [9.17, 15) is 13.6 Å². The molecular weight excluding hydrogens is 326 g/mol. The van der Waals surface area contributed by atoms with Crippen molar-refractivity contribution in [2.75, 3.05) is 18.5 Å². The minimum Gasteiger partial charge on any atom is -0.492 e. The van der Waals surface area contributed by atoms with Gasteiger partial charge < -0.3 is 15.8 Å². The van der Waals surface area contributed by atoms with Gasteiger partial charge in [0.1, 0.15) is 24.0 Å². The molecule has 0 spiro atoms. The van der Waals surface area contributed by atoms with Gasteiger partial charge in [-0.25, -0.2) is 8.78 Å². The monoisotopic (exact) mass is 346 g/mol. The summed E-state index contributed by atoms with van der Waals surface area (Å²) in [5.41, 5.74) is 5.29. The molecule has 0 aliphatic heterocycles. The number of anilines is 1. The zero-order chi connectivity index (χ0) is 17.9. The van der Waals surface area contributed by atoms with Gasteiger partial charge in [0.05, 0.1) is 5.41 Å². The Hall–Kier alpha value is -2.47. The SMILES string of the molecule is NCCOc1ccc(NC(=O)C2(c3ccc(F)cc3F)CCC2)cc1. The lowest BCUT2D eigenvalue weighted by Gasteiger charge is -2.40. The standard InChI is InChI=1S/C19H20F2N2O2/c20-13-2-7-16(17(21)12-13)19(8-1-9-19)18(24)23-14-3-5-15(6-4-14)25-11-10-22/h2-7,12H,1,8-11,22H2,(H,23,24). The largest absolute Gasteiger partial charge is 0.492 e. The first-order valence-corrected chi connectivity index (χ1v) is 8.25. The topological polar surface area (TPSA) is 64.3 Å². The number of amides is 1. The molecule has 0 unspecified atom stereocenters. The second-order valence-electron chi connectivity index (χ2n) is 6.18. The summed E-state index contributed by atoms with van der Waals surface area (Å²) < 4.78 is 32.8. The van der Waals surface area contributed by atoms with Crippen molar-refractivity contribution in [1.29, 1.82) is 0 Å². The van der Waals surface area contributed by atoms with E-state index in [0.717, 1.165) is 12.5 Å². The van der Waals surface area contributed by atoms with E-state index in [1.807, 2.05) is 0 Å². The highest BCUT2D eigenvalue weighted by Crippen LogP contribution is 2.45. The molecular formula is C19H20F2N2O2. The number of rotatable bonds is 6. The number of hydrogen-bond acceptors (Lipinski definition) is 3. The van der Waals surface area contributed by atoms with Crippen molar-refractivity contribution in [2.24, 2.45) is 5.73 Å². The molecule has 2 aromatic rings. The van der Waals surface area contributed by atoms with Gasteiger partial charge in [-0.3, -0.25) is 4.79 Å². The Bertz CT molecular complexity index is 759. The highest BCUT2D eigenvalue weighted by molar-refractivity contribution is 6.00. The summed E-state index contributed by atoms with van der Waals surface area (Å²) in [6.45, 7) is 0.836. The first-order valence-electron chi connectivity index (χ1n) is 8.25. The second kappa shape index (κ2) is 7.19. The highest BCUT2D eigenvalue weighted by atomic mass is 19.1. The molecule has 25 heavy (non-hydrogen) atoms. The number of nitrogens with two attached hydrogens (primary N) is 1. The summed E-state index contributed by atoms with van der Waals surface area (Å²) in [5, 5.41) is 2.83. The molecule has 1 fully saturated rings. The van der Waals surface area contributed by atoms with Gasteiger partial charge in [-0.15, -0.1) is 0 Å². The summed E-state index contributed by atoms with van der Waals surface area (Å²) >= 11 is 0. The van der Waals surface area contributed by atoms with Crippen LogP contribution in [0, 0.1) is 11.6 Å². The van der Waals surface area contributed by atoms with E-state index in [2.05, 4.69) is 5.32 Å². The van der Waals surface area contributed by atoms with Gasteiger partial charge in [0.25, 0.3) is 0 Å². The second-order valence-corrected chi connectivity index (χ2v) is 6.18. The van der Waals surface area contributed by atoms with E-state index in [1.165, 1.54) is 12.1 Å². The van der Waals surface area contributed by atoms with Crippen molar-refractivity contribution in [1.82, 2.24) is 0 Å². The van der Waals surface area contributed by atoms with E-state index >= 15 is 0 Å². The van der Waals surface area contributed by atoms with Crippen molar-refractivity contribution in [3.05, 3.63) is 59.7 Å². The molecule has 6 heteroatoms. The fourth-order valence-electron chi connectivity index (χ4n) is 3.09. The molecule has 1 amide bonds. The first kappa shape index (κ1) is 17.4. The van der Waals surface area contributed by atoms with Crippen LogP contribution in [0.15, 0.2) is 42.5 Å². The third-order valence-corrected chi connectivity index (χ3v) is 4.59. The van der Waals surface area contributed by atoms with Crippen LogP contribution in [-0.2, 0) is 10.2 Å². The Labute approximate surface area is 145 Å². The zero-order valence-corrected chi connectivity index (χ0v) is 13.7. The van der Waals surface area contributed by atoms with Crippen molar-refractivity contribution in [3.63, 3.8) is 0 Å². The van der Waals surface area contributed by atoms with Crippen LogP contribution in [0.4, 0.5) is 14.5 Å². The number of ether oxygens (including phenoxy) is 1. The summed E-state index contributed by atoms with van der Waals surface area (Å²) in [6.07, 6.45) is 1.91. The molecule has 3 rings (SSSR count). The number of hydrogen-bond donors (Lipinski definition) is 2. The van der Waals surface area contributed by atoms with Crippen LogP contribution in [0.2, 0.25) is 0 Å². The molecule has 1 aliphatic carbocycles. The smallest absolute Gasteiger partial charge is 0.235 e. The van der Waals surface area contributed by atoms with Crippen LogP contribution in [0.5, 0.6) is 5.75 Å². The molecule has 2 aromatic carbocycles. The van der Waals surface area contributed by atoms with Crippen LogP contribution < -0.4 is 15.8 Å². The predicted octanol–water partition coefficient (Wildman–Crippen LogP) is 3.36. The lowest BCUT2D eigenvalue weighted by Crippen LogP contribution is -2.46. The van der Waals surface area contributed by atoms with Crippen LogP contribution >= 0.6 is 0 Å². The van der Waals surface area contributed by atoms with Crippen LogP contribution in [0.1, 0.15) is 24.8 Å². The number of nitrogens with one attached hydrogen (secondary N) is 1. The van der Waals surface area contributed by atoms with Crippen molar-refractivity contribution >= 4 is 11.6 Å². The summed E-state index contributed by atoms with van der Waals surface area (Å²) in [4.78, 5) is 12.8. The maximum absolute atomic E-state index is 14.2. The zero-order valence-electron chi connectivity index (χ0n) is 13.7. The molecule has 132 valence electrons. The van der Waals surface area contributed by atoms with E-state index < -0.39 is 17.0 Å². The van der Waals surface area contributed by atoms with Gasteiger partial charge in [-0.2, -0.15) is 0 Å². The third kappa shape index (κ3) is 3.49. The Morgan fingerprint density at radius 2 is 1.88 bits per heavy atom. The lowest BCUT2D eigenvalue weighted by atomic mass is 9.63. The molecule has 0 radical (unpaired) electrons. The van der Waals surface area contributed by atoms with Gasteiger partial charge in [0.2, 0.25) is 5.91 Å². The molecule has 3 N–H and O–H groups in total. The molecule has 0 bridgehead atoms. The number of halogens is 2. The predicted molar refractivity (Wildman–Crippen MR) is 91.5 cm³/mol. The van der Waals surface area contributed by atoms with E-state index in [-0.39, 0.29) is 11.5 Å². The van der Waals surface area contributed by atoms with Gasteiger partial charge >= 0.3 is 0 Å². The lowest BCUT2D eigenvalue weighted by molar-refractivity contribution is -0.124. The van der Waals surface area contributed by atoms with Crippen molar-refractivity contribution < 1.29 is 18.3 Å². The van der Waals surface area contributed by atoms with Crippen LogP contribution in [0.25, 0.3) is 0 Å². The normalized spacial score (nSPS) is 15.3. The Balaban J connectivity index is 1.76. The maximum Gasteiger partial charge on any atom is 0.235 e. The first-order chi connectivity index (χ1) is 12.0. The van der Waals surface area contributed by atoms with Crippen molar-refractivity contribution in [2.45, 2.75) is 24.7 Å². The third-order valence-electron chi connectivity index (χ3n) is 4.59. The van der Waals surface area contributed by atoms with Crippen molar-refractivity contribution in [3.8, 4) is 5.75 Å². The Kier molecular flexibility index (Phi) is 4.99. The average Bonchev–Trinajstić information content (AvgIpc) is 2.55. The number of carbonyl (C=O) groups is 1. The maximum atomic E-state index is 14.2. The van der Waals surface area contributed by atoms with Crippen LogP contribution in [-0.4, -0.2) is 19.1 Å². The fourth-order valence-corrected chi connectivity index (χ4v) is 3.09. The van der Waals surface area contributed by atoms with Gasteiger partial charge in [-0.05, 0) is 43.2 Å². The van der Waals surface area contributed by atoms with E-state index in [4.69, 9.17) is 10.5 Å². The minimum absolute atomic E-state index is 0.251. The fraction of sp³-hybridized carbons (Fsp3) is 0.316. The minimum atomic E-state index is -0.938. The molecule has 0 atom stereocenters. The summed E-state index contributed by atoms with van der Waals surface area (Å²) in [7, 11) is 0. The van der Waals surface area contributed by atoms with E-state index in [1.54, 1.807) is 24.3 Å². The molecule has 1 aliphatic rings. The van der Waals surface area contributed by atoms with Gasteiger partial charge in [0.15, 0.2) is 0 Å². The number of benzene rings is 2. The quantitative estimate of drug-likeness (QED) is 0.843. The van der Waals surface area contributed by atoms with Gasteiger partial charge in [0, 0.05) is 23.9 Å². The van der Waals surface area contributed by atoms with Gasteiger partial charge in [-0.1, -0.05) is 12.5 Å².